The van der Waals surface area contributed by atoms with Crippen LogP contribution in [-0.2, 0) is 4.74 Å². The SMILES string of the molecule is COc1ccccc1[C@@H]1O[C@H](CO)[C@H](O)C1O. The molecule has 1 saturated heterocycles. The van der Waals surface area contributed by atoms with Crippen molar-refractivity contribution in [3.05, 3.63) is 29.8 Å². The van der Waals surface area contributed by atoms with Crippen molar-refractivity contribution < 1.29 is 24.8 Å². The lowest BCUT2D eigenvalue weighted by atomic mass is 10.0. The molecule has 1 aliphatic heterocycles. The van der Waals surface area contributed by atoms with Crippen LogP contribution in [0.2, 0.25) is 0 Å². The van der Waals surface area contributed by atoms with Gasteiger partial charge >= 0.3 is 0 Å². The molecular weight excluding hydrogens is 224 g/mol. The van der Waals surface area contributed by atoms with Gasteiger partial charge < -0.3 is 24.8 Å². The van der Waals surface area contributed by atoms with E-state index >= 15 is 0 Å². The number of rotatable bonds is 3. The average molecular weight is 240 g/mol. The zero-order valence-corrected chi connectivity index (χ0v) is 9.48. The molecule has 0 saturated carbocycles. The second-order valence-electron chi connectivity index (χ2n) is 4.00. The first-order valence-electron chi connectivity index (χ1n) is 5.44. The monoisotopic (exact) mass is 240 g/mol. The van der Waals surface area contributed by atoms with Gasteiger partial charge in [0.05, 0.1) is 13.7 Å². The van der Waals surface area contributed by atoms with Crippen LogP contribution in [0.3, 0.4) is 0 Å². The minimum atomic E-state index is -1.09. The van der Waals surface area contributed by atoms with Crippen molar-refractivity contribution in [3.8, 4) is 5.75 Å². The molecule has 0 radical (unpaired) electrons. The maximum atomic E-state index is 9.89. The molecule has 1 heterocycles. The summed E-state index contributed by atoms with van der Waals surface area (Å²) in [7, 11) is 1.53. The van der Waals surface area contributed by atoms with E-state index < -0.39 is 24.4 Å². The number of para-hydroxylation sites is 1. The molecule has 0 spiro atoms. The molecule has 1 unspecified atom stereocenters. The number of benzene rings is 1. The molecule has 0 aromatic heterocycles. The van der Waals surface area contributed by atoms with Gasteiger partial charge in [0.2, 0.25) is 0 Å². The molecule has 3 N–H and O–H groups in total. The molecule has 0 aliphatic carbocycles. The van der Waals surface area contributed by atoms with Gasteiger partial charge in [0.25, 0.3) is 0 Å². The topological polar surface area (TPSA) is 79.2 Å². The number of methoxy groups -OCH3 is 1. The maximum absolute atomic E-state index is 9.89. The van der Waals surface area contributed by atoms with Crippen LogP contribution in [0.1, 0.15) is 11.7 Å². The highest BCUT2D eigenvalue weighted by molar-refractivity contribution is 5.36. The van der Waals surface area contributed by atoms with Crippen LogP contribution < -0.4 is 4.74 Å². The van der Waals surface area contributed by atoms with Gasteiger partial charge in [-0.25, -0.2) is 0 Å². The molecule has 0 amide bonds. The summed E-state index contributed by atoms with van der Waals surface area (Å²) in [5.74, 6) is 0.585. The summed E-state index contributed by atoms with van der Waals surface area (Å²) in [6, 6.07) is 7.12. The van der Waals surface area contributed by atoms with Crippen molar-refractivity contribution in [2.24, 2.45) is 0 Å². The Morgan fingerprint density at radius 3 is 2.53 bits per heavy atom. The normalized spacial score (nSPS) is 32.7. The highest BCUT2D eigenvalue weighted by atomic mass is 16.6. The van der Waals surface area contributed by atoms with Crippen LogP contribution in [0, 0.1) is 0 Å². The Bertz CT molecular complexity index is 381. The summed E-state index contributed by atoms with van der Waals surface area (Å²) >= 11 is 0. The highest BCUT2D eigenvalue weighted by Crippen LogP contribution is 2.37. The van der Waals surface area contributed by atoms with Gasteiger partial charge in [-0.15, -0.1) is 0 Å². The Morgan fingerprint density at radius 1 is 1.24 bits per heavy atom. The van der Waals surface area contributed by atoms with Crippen molar-refractivity contribution in [1.29, 1.82) is 0 Å². The third kappa shape index (κ3) is 2.14. The second kappa shape index (κ2) is 5.01. The molecule has 4 atom stereocenters. The van der Waals surface area contributed by atoms with Gasteiger partial charge in [0.1, 0.15) is 30.2 Å². The summed E-state index contributed by atoms with van der Waals surface area (Å²) < 4.78 is 10.6. The number of ether oxygens (including phenoxy) is 2. The van der Waals surface area contributed by atoms with Gasteiger partial charge in [0.15, 0.2) is 0 Å². The van der Waals surface area contributed by atoms with E-state index in [9.17, 15) is 10.2 Å². The fourth-order valence-electron chi connectivity index (χ4n) is 2.06. The Morgan fingerprint density at radius 2 is 1.94 bits per heavy atom. The lowest BCUT2D eigenvalue weighted by Crippen LogP contribution is -2.32. The summed E-state index contributed by atoms with van der Waals surface area (Å²) in [4.78, 5) is 0. The predicted molar refractivity (Wildman–Crippen MR) is 59.7 cm³/mol. The minimum absolute atomic E-state index is 0.329. The fraction of sp³-hybridized carbons (Fsp3) is 0.500. The molecule has 1 aromatic carbocycles. The maximum Gasteiger partial charge on any atom is 0.124 e. The van der Waals surface area contributed by atoms with Crippen LogP contribution in [0.25, 0.3) is 0 Å². The van der Waals surface area contributed by atoms with Gasteiger partial charge in [0, 0.05) is 5.56 Å². The van der Waals surface area contributed by atoms with E-state index in [1.807, 2.05) is 6.07 Å². The van der Waals surface area contributed by atoms with E-state index in [1.165, 1.54) is 7.11 Å². The summed E-state index contributed by atoms with van der Waals surface area (Å²) in [5.41, 5.74) is 0.664. The number of hydrogen-bond donors (Lipinski definition) is 3. The van der Waals surface area contributed by atoms with Crippen molar-refractivity contribution in [2.75, 3.05) is 13.7 Å². The quantitative estimate of drug-likeness (QED) is 0.684. The Balaban J connectivity index is 2.28. The Labute approximate surface area is 99.2 Å². The number of hydrogen-bond acceptors (Lipinski definition) is 5. The van der Waals surface area contributed by atoms with Crippen LogP contribution in [0.15, 0.2) is 24.3 Å². The lowest BCUT2D eigenvalue weighted by Gasteiger charge is -2.17. The third-order valence-corrected chi connectivity index (χ3v) is 2.99. The highest BCUT2D eigenvalue weighted by Gasteiger charge is 2.43. The molecule has 5 heteroatoms. The van der Waals surface area contributed by atoms with Crippen LogP contribution in [0.4, 0.5) is 0 Å². The smallest absolute Gasteiger partial charge is 0.124 e. The number of aliphatic hydroxyl groups excluding tert-OH is 3. The van der Waals surface area contributed by atoms with E-state index in [4.69, 9.17) is 14.6 Å². The first kappa shape index (κ1) is 12.3. The zero-order valence-electron chi connectivity index (χ0n) is 9.48. The zero-order chi connectivity index (χ0) is 12.4. The van der Waals surface area contributed by atoms with Gasteiger partial charge in [-0.1, -0.05) is 18.2 Å². The van der Waals surface area contributed by atoms with Crippen LogP contribution in [0.5, 0.6) is 5.75 Å². The Kier molecular flexibility index (Phi) is 3.63. The van der Waals surface area contributed by atoms with Crippen LogP contribution in [-0.4, -0.2) is 47.3 Å². The first-order chi connectivity index (χ1) is 8.19. The summed E-state index contributed by atoms with van der Waals surface area (Å²) in [5, 5.41) is 28.6. The third-order valence-electron chi connectivity index (χ3n) is 2.99. The van der Waals surface area contributed by atoms with Crippen molar-refractivity contribution in [1.82, 2.24) is 0 Å². The van der Waals surface area contributed by atoms with E-state index in [0.29, 0.717) is 11.3 Å². The standard InChI is InChI=1S/C12H16O5/c1-16-8-5-3-2-4-7(8)12-11(15)10(14)9(6-13)17-12/h2-5,9-15H,6H2,1H3/t9-,10+,11?,12+/m1/s1. The molecule has 1 aromatic rings. The summed E-state index contributed by atoms with van der Waals surface area (Å²) in [6.45, 7) is -0.329. The molecule has 5 nitrogen and oxygen atoms in total. The fourth-order valence-corrected chi connectivity index (χ4v) is 2.06. The largest absolute Gasteiger partial charge is 0.496 e. The van der Waals surface area contributed by atoms with Gasteiger partial charge in [-0.05, 0) is 6.07 Å². The first-order valence-corrected chi connectivity index (χ1v) is 5.44. The Hall–Kier alpha value is -1.14. The molecule has 1 aliphatic rings. The molecule has 1 fully saturated rings. The molecule has 17 heavy (non-hydrogen) atoms. The predicted octanol–water partition coefficient (Wildman–Crippen LogP) is -0.151. The second-order valence-corrected chi connectivity index (χ2v) is 4.00. The molecule has 2 rings (SSSR count). The van der Waals surface area contributed by atoms with Crippen molar-refractivity contribution >= 4 is 0 Å². The summed E-state index contributed by atoms with van der Waals surface area (Å²) in [6.07, 6.45) is -3.60. The van der Waals surface area contributed by atoms with Crippen molar-refractivity contribution in [3.63, 3.8) is 0 Å². The van der Waals surface area contributed by atoms with Gasteiger partial charge in [-0.2, -0.15) is 0 Å². The lowest BCUT2D eigenvalue weighted by molar-refractivity contribution is -0.0233. The van der Waals surface area contributed by atoms with Crippen molar-refractivity contribution in [2.45, 2.75) is 24.4 Å². The number of aliphatic hydroxyl groups is 3. The molecular formula is C12H16O5. The average Bonchev–Trinajstić information content (AvgIpc) is 2.66. The molecule has 0 bridgehead atoms. The van der Waals surface area contributed by atoms with Gasteiger partial charge in [-0.3, -0.25) is 0 Å². The van der Waals surface area contributed by atoms with Crippen LogP contribution >= 0.6 is 0 Å². The van der Waals surface area contributed by atoms with E-state index in [2.05, 4.69) is 0 Å². The van der Waals surface area contributed by atoms with E-state index in [0.717, 1.165) is 0 Å². The minimum Gasteiger partial charge on any atom is -0.496 e. The van der Waals surface area contributed by atoms with E-state index in [-0.39, 0.29) is 6.61 Å². The van der Waals surface area contributed by atoms with E-state index in [1.54, 1.807) is 18.2 Å². The molecule has 94 valence electrons.